The van der Waals surface area contributed by atoms with Crippen LogP contribution in [0.15, 0.2) is 29.3 Å². The van der Waals surface area contributed by atoms with Gasteiger partial charge in [0.05, 0.1) is 29.1 Å². The van der Waals surface area contributed by atoms with Crippen LogP contribution in [0.5, 0.6) is 0 Å². The molecule has 2 N–H and O–H groups in total. The number of imide groups is 1. The number of aromatic nitrogens is 2. The first-order valence-corrected chi connectivity index (χ1v) is 9.17. The molecule has 1 aromatic heterocycles. The van der Waals surface area contributed by atoms with Crippen LogP contribution in [0.25, 0.3) is 10.9 Å². The number of carbonyl (C=O) groups excluding carboxylic acids is 3. The number of carbonyl (C=O) groups is 3. The van der Waals surface area contributed by atoms with Gasteiger partial charge >= 0.3 is 0 Å². The summed E-state index contributed by atoms with van der Waals surface area (Å²) >= 11 is 0. The molecular weight excluding hydrogens is 348 g/mol. The monoisotopic (exact) mass is 368 g/mol. The van der Waals surface area contributed by atoms with Gasteiger partial charge in [-0.3, -0.25) is 24.1 Å². The van der Waals surface area contributed by atoms with Crippen molar-refractivity contribution < 1.29 is 14.4 Å². The number of anilines is 1. The number of benzene rings is 1. The highest BCUT2D eigenvalue weighted by Gasteiger charge is 2.47. The van der Waals surface area contributed by atoms with Crippen molar-refractivity contribution in [3.05, 3.63) is 34.9 Å². The zero-order valence-electron chi connectivity index (χ0n) is 14.7. The highest BCUT2D eigenvalue weighted by Crippen LogP contribution is 2.37. The maximum absolute atomic E-state index is 12.4. The topological polar surface area (TPSA) is 112 Å². The van der Waals surface area contributed by atoms with Crippen LogP contribution in [0.3, 0.4) is 0 Å². The van der Waals surface area contributed by atoms with Crippen molar-refractivity contribution in [2.75, 3.05) is 11.9 Å². The molecule has 2 atom stereocenters. The summed E-state index contributed by atoms with van der Waals surface area (Å²) in [5.74, 6) is -0.991. The molecule has 2 aromatic rings. The zero-order valence-corrected chi connectivity index (χ0v) is 14.7. The van der Waals surface area contributed by atoms with Crippen LogP contribution in [0.2, 0.25) is 0 Å². The predicted octanol–water partition coefficient (Wildman–Crippen LogP) is 1.43. The molecule has 0 radical (unpaired) electrons. The Morgan fingerprint density at radius 3 is 2.56 bits per heavy atom. The van der Waals surface area contributed by atoms with Crippen LogP contribution in [-0.4, -0.2) is 39.1 Å². The molecule has 1 aromatic carbocycles. The molecule has 2 fully saturated rings. The van der Waals surface area contributed by atoms with Gasteiger partial charge in [0.25, 0.3) is 5.56 Å². The maximum Gasteiger partial charge on any atom is 0.258 e. The molecular formula is C19H20N4O4. The second-order valence-electron chi connectivity index (χ2n) is 7.09. The van der Waals surface area contributed by atoms with E-state index in [2.05, 4.69) is 15.3 Å². The van der Waals surface area contributed by atoms with E-state index in [1.54, 1.807) is 18.2 Å². The Labute approximate surface area is 155 Å². The van der Waals surface area contributed by atoms with E-state index < -0.39 is 0 Å². The average Bonchev–Trinajstić information content (AvgIpc) is 2.92. The lowest BCUT2D eigenvalue weighted by atomic mass is 9.81. The summed E-state index contributed by atoms with van der Waals surface area (Å²) in [5.41, 5.74) is 0.721. The molecule has 2 heterocycles. The van der Waals surface area contributed by atoms with Gasteiger partial charge in [-0.05, 0) is 31.0 Å². The van der Waals surface area contributed by atoms with Crippen LogP contribution < -0.4 is 10.9 Å². The van der Waals surface area contributed by atoms with Crippen LogP contribution in [0.1, 0.15) is 32.1 Å². The van der Waals surface area contributed by atoms with Crippen molar-refractivity contribution >= 4 is 34.3 Å². The van der Waals surface area contributed by atoms with E-state index in [4.69, 9.17) is 0 Å². The quantitative estimate of drug-likeness (QED) is 0.793. The van der Waals surface area contributed by atoms with Gasteiger partial charge in [-0.15, -0.1) is 0 Å². The zero-order chi connectivity index (χ0) is 19.0. The Hall–Kier alpha value is -3.03. The Kier molecular flexibility index (Phi) is 4.47. The third-order valence-electron chi connectivity index (χ3n) is 5.42. The number of likely N-dealkylation sites (tertiary alicyclic amines) is 1. The van der Waals surface area contributed by atoms with Gasteiger partial charge in [0.1, 0.15) is 0 Å². The van der Waals surface area contributed by atoms with Gasteiger partial charge in [0.2, 0.25) is 17.7 Å². The van der Waals surface area contributed by atoms with Crippen LogP contribution in [0, 0.1) is 11.8 Å². The minimum atomic E-state index is -0.315. The predicted molar refractivity (Wildman–Crippen MR) is 97.8 cm³/mol. The number of rotatable bonds is 4. The molecule has 2 unspecified atom stereocenters. The van der Waals surface area contributed by atoms with E-state index in [9.17, 15) is 19.2 Å². The standard InChI is InChI=1S/C19H20N4O4/c24-16(22-11-5-6-15-14(9-11)17(25)21-10-20-15)7-8-23-18(26)12-3-1-2-4-13(12)19(23)27/h5-6,9-10,12-13H,1-4,7-8H2,(H,22,24)(H,20,21,25). The fraction of sp³-hybridized carbons (Fsp3) is 0.421. The Bertz CT molecular complexity index is 959. The van der Waals surface area contributed by atoms with Crippen molar-refractivity contribution in [3.8, 4) is 0 Å². The molecule has 8 nitrogen and oxygen atoms in total. The van der Waals surface area contributed by atoms with Crippen molar-refractivity contribution in [1.29, 1.82) is 0 Å². The van der Waals surface area contributed by atoms with E-state index in [0.29, 0.717) is 16.6 Å². The van der Waals surface area contributed by atoms with Gasteiger partial charge in [-0.1, -0.05) is 12.8 Å². The fourth-order valence-corrected chi connectivity index (χ4v) is 4.03. The second-order valence-corrected chi connectivity index (χ2v) is 7.09. The Morgan fingerprint density at radius 1 is 1.15 bits per heavy atom. The summed E-state index contributed by atoms with van der Waals surface area (Å²) in [6, 6.07) is 4.87. The summed E-state index contributed by atoms with van der Waals surface area (Å²) in [7, 11) is 0. The van der Waals surface area contributed by atoms with Gasteiger partial charge in [-0.2, -0.15) is 0 Å². The third kappa shape index (κ3) is 3.22. The molecule has 0 bridgehead atoms. The summed E-state index contributed by atoms with van der Waals surface area (Å²) in [6.07, 6.45) is 4.83. The smallest absolute Gasteiger partial charge is 0.258 e. The summed E-state index contributed by atoms with van der Waals surface area (Å²) < 4.78 is 0. The average molecular weight is 368 g/mol. The first-order valence-electron chi connectivity index (χ1n) is 9.17. The van der Waals surface area contributed by atoms with E-state index >= 15 is 0 Å². The molecule has 1 saturated carbocycles. The van der Waals surface area contributed by atoms with Crippen LogP contribution >= 0.6 is 0 Å². The molecule has 1 aliphatic carbocycles. The van der Waals surface area contributed by atoms with Crippen molar-refractivity contribution in [1.82, 2.24) is 14.9 Å². The summed E-state index contributed by atoms with van der Waals surface area (Å²) in [5, 5.41) is 3.09. The van der Waals surface area contributed by atoms with Crippen LogP contribution in [-0.2, 0) is 14.4 Å². The SMILES string of the molecule is O=C(CCN1C(=O)C2CCCCC2C1=O)Nc1ccc2nc[nH]c(=O)c2c1. The number of hydrogen-bond donors (Lipinski definition) is 2. The molecule has 2 aliphatic rings. The van der Waals surface area contributed by atoms with Crippen molar-refractivity contribution in [2.45, 2.75) is 32.1 Å². The molecule has 0 spiro atoms. The van der Waals surface area contributed by atoms with Gasteiger partial charge in [0, 0.05) is 18.7 Å². The van der Waals surface area contributed by atoms with Crippen LogP contribution in [0.4, 0.5) is 5.69 Å². The van der Waals surface area contributed by atoms with E-state index in [0.717, 1.165) is 25.7 Å². The maximum atomic E-state index is 12.4. The molecule has 140 valence electrons. The number of amides is 3. The molecule has 1 aliphatic heterocycles. The molecule has 3 amide bonds. The number of nitrogens with zero attached hydrogens (tertiary/aromatic N) is 2. The van der Waals surface area contributed by atoms with Crippen molar-refractivity contribution in [3.63, 3.8) is 0 Å². The Morgan fingerprint density at radius 2 is 1.85 bits per heavy atom. The normalized spacial score (nSPS) is 22.1. The highest BCUT2D eigenvalue weighted by atomic mass is 16.2. The number of fused-ring (bicyclic) bond motifs is 2. The molecule has 27 heavy (non-hydrogen) atoms. The molecule has 8 heteroatoms. The summed E-state index contributed by atoms with van der Waals surface area (Å²) in [6.45, 7) is 0.0895. The minimum Gasteiger partial charge on any atom is -0.326 e. The lowest BCUT2D eigenvalue weighted by molar-refractivity contribution is -0.140. The minimum absolute atomic E-state index is 0.0261. The van der Waals surface area contributed by atoms with Crippen molar-refractivity contribution in [2.24, 2.45) is 11.8 Å². The lowest BCUT2D eigenvalue weighted by Gasteiger charge is -2.19. The van der Waals surface area contributed by atoms with Gasteiger partial charge < -0.3 is 10.3 Å². The van der Waals surface area contributed by atoms with E-state index in [1.165, 1.54) is 11.2 Å². The molecule has 1 saturated heterocycles. The van der Waals surface area contributed by atoms with Gasteiger partial charge in [0.15, 0.2) is 0 Å². The lowest BCUT2D eigenvalue weighted by Crippen LogP contribution is -2.34. The number of nitrogens with one attached hydrogen (secondary N) is 2. The summed E-state index contributed by atoms with van der Waals surface area (Å²) in [4.78, 5) is 56.7. The first kappa shape index (κ1) is 17.4. The largest absolute Gasteiger partial charge is 0.326 e. The molecule has 4 rings (SSSR count). The van der Waals surface area contributed by atoms with Gasteiger partial charge in [-0.25, -0.2) is 4.98 Å². The number of hydrogen-bond acceptors (Lipinski definition) is 5. The number of aromatic amines is 1. The van der Waals surface area contributed by atoms with E-state index in [-0.39, 0.29) is 48.1 Å². The Balaban J connectivity index is 1.40. The first-order chi connectivity index (χ1) is 13.0. The fourth-order valence-electron chi connectivity index (χ4n) is 4.03. The third-order valence-corrected chi connectivity index (χ3v) is 5.42. The second kappa shape index (κ2) is 6.94. The highest BCUT2D eigenvalue weighted by molar-refractivity contribution is 6.05. The number of H-pyrrole nitrogens is 1. The van der Waals surface area contributed by atoms with E-state index in [1.807, 2.05) is 0 Å².